The molecule has 1 heterocycles. The third kappa shape index (κ3) is 2.14. The van der Waals surface area contributed by atoms with Crippen LogP contribution >= 0.6 is 11.6 Å². The van der Waals surface area contributed by atoms with E-state index in [0.29, 0.717) is 11.4 Å². The molecule has 1 amide bonds. The van der Waals surface area contributed by atoms with Crippen LogP contribution in [0.25, 0.3) is 0 Å². The lowest BCUT2D eigenvalue weighted by Gasteiger charge is -2.29. The average molecular weight is 288 g/mol. The Bertz CT molecular complexity index is 669. The predicted octanol–water partition coefficient (Wildman–Crippen LogP) is 3.11. The molecular weight excluding hydrogens is 274 g/mol. The van der Waals surface area contributed by atoms with Crippen LogP contribution in [0.5, 0.6) is 5.75 Å². The molecule has 3 rings (SSSR count). The fraction of sp³-hybridized carbons (Fsp3) is 0.188. The molecule has 102 valence electrons. The highest BCUT2D eigenvalue weighted by molar-refractivity contribution is 6.31. The Balaban J connectivity index is 2.19. The van der Waals surface area contributed by atoms with Crippen molar-refractivity contribution in [2.24, 2.45) is 0 Å². The van der Waals surface area contributed by atoms with Gasteiger partial charge in [-0.2, -0.15) is 0 Å². The van der Waals surface area contributed by atoms with Gasteiger partial charge >= 0.3 is 0 Å². The molecule has 3 nitrogen and oxygen atoms in total. The summed E-state index contributed by atoms with van der Waals surface area (Å²) < 4.78 is 5.45. The number of ether oxygens (including phenoxy) is 1. The summed E-state index contributed by atoms with van der Waals surface area (Å²) in [6, 6.07) is 13.0. The van der Waals surface area contributed by atoms with Crippen LogP contribution in [0.3, 0.4) is 0 Å². The van der Waals surface area contributed by atoms with Crippen molar-refractivity contribution in [1.82, 2.24) is 5.32 Å². The second kappa shape index (κ2) is 5.17. The molecular formula is C16H14ClNO2. The number of carbonyl (C=O) groups excluding carboxylic acids is 1. The third-order valence-corrected chi connectivity index (χ3v) is 3.88. The van der Waals surface area contributed by atoms with Crippen molar-refractivity contribution in [3.05, 3.63) is 64.2 Å². The molecule has 2 aromatic rings. The van der Waals surface area contributed by atoms with Gasteiger partial charge in [-0.3, -0.25) is 4.79 Å². The van der Waals surface area contributed by atoms with E-state index in [2.05, 4.69) is 5.32 Å². The maximum atomic E-state index is 11.9. The summed E-state index contributed by atoms with van der Waals surface area (Å²) >= 11 is 6.28. The zero-order valence-electron chi connectivity index (χ0n) is 11.0. The van der Waals surface area contributed by atoms with Gasteiger partial charge in [0.1, 0.15) is 5.75 Å². The number of fused-ring (bicyclic) bond motifs is 1. The van der Waals surface area contributed by atoms with Crippen LogP contribution in [-0.4, -0.2) is 13.0 Å². The third-order valence-electron chi connectivity index (χ3n) is 3.54. The molecule has 1 unspecified atom stereocenters. The number of nitrogens with one attached hydrogen (secondary N) is 1. The van der Waals surface area contributed by atoms with Gasteiger partial charge in [0, 0.05) is 10.6 Å². The summed E-state index contributed by atoms with van der Waals surface area (Å²) in [6.45, 7) is 0. The lowest BCUT2D eigenvalue weighted by Crippen LogP contribution is -2.36. The van der Waals surface area contributed by atoms with Crippen LogP contribution in [-0.2, 0) is 11.2 Å². The Labute approximate surface area is 122 Å². The Hall–Kier alpha value is -2.00. The zero-order chi connectivity index (χ0) is 14.1. The zero-order valence-corrected chi connectivity index (χ0v) is 11.8. The van der Waals surface area contributed by atoms with E-state index in [0.717, 1.165) is 22.4 Å². The quantitative estimate of drug-likeness (QED) is 0.922. The number of amides is 1. The monoisotopic (exact) mass is 287 g/mol. The van der Waals surface area contributed by atoms with Gasteiger partial charge in [0.15, 0.2) is 0 Å². The maximum absolute atomic E-state index is 11.9. The second-order valence-corrected chi connectivity index (χ2v) is 5.14. The average Bonchev–Trinajstić information content (AvgIpc) is 2.46. The minimum absolute atomic E-state index is 0.00401. The minimum atomic E-state index is -0.268. The number of methoxy groups -OCH3 is 1. The van der Waals surface area contributed by atoms with Crippen molar-refractivity contribution < 1.29 is 9.53 Å². The number of hydrogen-bond acceptors (Lipinski definition) is 2. The maximum Gasteiger partial charge on any atom is 0.225 e. The molecule has 0 saturated heterocycles. The van der Waals surface area contributed by atoms with Gasteiger partial charge in [0.05, 0.1) is 19.6 Å². The molecule has 1 N–H and O–H groups in total. The fourth-order valence-corrected chi connectivity index (χ4v) is 2.89. The largest absolute Gasteiger partial charge is 0.496 e. The Kier molecular flexibility index (Phi) is 3.36. The van der Waals surface area contributed by atoms with Gasteiger partial charge in [-0.05, 0) is 23.3 Å². The van der Waals surface area contributed by atoms with Crippen LogP contribution in [0, 0.1) is 0 Å². The van der Waals surface area contributed by atoms with E-state index in [1.807, 2.05) is 42.5 Å². The summed E-state index contributed by atoms with van der Waals surface area (Å²) in [4.78, 5) is 11.9. The standard InChI is InChI=1S/C16H14ClNO2/c1-20-13-8-4-5-10-9-14(19)18-16(15(10)13)11-6-2-3-7-12(11)17/h2-8,16H,9H2,1H3,(H,18,19). The van der Waals surface area contributed by atoms with Crippen molar-refractivity contribution >= 4 is 17.5 Å². The number of hydrogen-bond donors (Lipinski definition) is 1. The molecule has 0 bridgehead atoms. The van der Waals surface area contributed by atoms with E-state index in [1.54, 1.807) is 7.11 Å². The fourth-order valence-electron chi connectivity index (χ4n) is 2.65. The van der Waals surface area contributed by atoms with Crippen LogP contribution < -0.4 is 10.1 Å². The normalized spacial score (nSPS) is 17.3. The molecule has 0 saturated carbocycles. The van der Waals surface area contributed by atoms with E-state index in [9.17, 15) is 4.79 Å². The Morgan fingerprint density at radius 3 is 2.75 bits per heavy atom. The summed E-state index contributed by atoms with van der Waals surface area (Å²) in [5.74, 6) is 0.767. The topological polar surface area (TPSA) is 38.3 Å². The lowest BCUT2D eigenvalue weighted by molar-refractivity contribution is -0.121. The highest BCUT2D eigenvalue weighted by Crippen LogP contribution is 2.38. The van der Waals surface area contributed by atoms with E-state index >= 15 is 0 Å². The summed E-state index contributed by atoms with van der Waals surface area (Å²) in [5.41, 5.74) is 2.86. The minimum Gasteiger partial charge on any atom is -0.496 e. The molecule has 0 fully saturated rings. The van der Waals surface area contributed by atoms with Gasteiger partial charge < -0.3 is 10.1 Å². The van der Waals surface area contributed by atoms with Crippen molar-refractivity contribution in [2.45, 2.75) is 12.5 Å². The van der Waals surface area contributed by atoms with Crippen molar-refractivity contribution in [1.29, 1.82) is 0 Å². The first-order chi connectivity index (χ1) is 9.70. The molecule has 1 aliphatic rings. The van der Waals surface area contributed by atoms with E-state index in [1.165, 1.54) is 0 Å². The molecule has 2 aromatic carbocycles. The van der Waals surface area contributed by atoms with Gasteiger partial charge in [0.25, 0.3) is 0 Å². The first-order valence-electron chi connectivity index (χ1n) is 6.40. The number of rotatable bonds is 2. The van der Waals surface area contributed by atoms with Crippen LogP contribution in [0.2, 0.25) is 5.02 Å². The molecule has 0 aromatic heterocycles. The Morgan fingerprint density at radius 1 is 1.20 bits per heavy atom. The lowest BCUT2D eigenvalue weighted by atomic mass is 9.89. The molecule has 4 heteroatoms. The summed E-state index contributed by atoms with van der Waals surface area (Å²) in [5, 5.41) is 3.64. The molecule has 1 atom stereocenters. The highest BCUT2D eigenvalue weighted by Gasteiger charge is 2.29. The van der Waals surface area contributed by atoms with Crippen LogP contribution in [0.1, 0.15) is 22.7 Å². The van der Waals surface area contributed by atoms with Crippen molar-refractivity contribution in [3.63, 3.8) is 0 Å². The summed E-state index contributed by atoms with van der Waals surface area (Å²) in [6.07, 6.45) is 0.369. The molecule has 0 spiro atoms. The van der Waals surface area contributed by atoms with Crippen LogP contribution in [0.4, 0.5) is 0 Å². The van der Waals surface area contributed by atoms with E-state index in [4.69, 9.17) is 16.3 Å². The van der Waals surface area contributed by atoms with Gasteiger partial charge in [-0.1, -0.05) is 41.9 Å². The van der Waals surface area contributed by atoms with E-state index < -0.39 is 0 Å². The number of benzene rings is 2. The van der Waals surface area contributed by atoms with Crippen LogP contribution in [0.15, 0.2) is 42.5 Å². The van der Waals surface area contributed by atoms with Crippen molar-refractivity contribution in [2.75, 3.05) is 7.11 Å². The Morgan fingerprint density at radius 2 is 2.00 bits per heavy atom. The van der Waals surface area contributed by atoms with Gasteiger partial charge in [-0.15, -0.1) is 0 Å². The van der Waals surface area contributed by atoms with Gasteiger partial charge in [-0.25, -0.2) is 0 Å². The molecule has 0 aliphatic carbocycles. The van der Waals surface area contributed by atoms with E-state index in [-0.39, 0.29) is 11.9 Å². The highest BCUT2D eigenvalue weighted by atomic mass is 35.5. The first-order valence-corrected chi connectivity index (χ1v) is 6.78. The number of halogens is 1. The van der Waals surface area contributed by atoms with Gasteiger partial charge in [0.2, 0.25) is 5.91 Å². The van der Waals surface area contributed by atoms with Crippen molar-refractivity contribution in [3.8, 4) is 5.75 Å². The first kappa shape index (κ1) is 13.0. The number of carbonyl (C=O) groups is 1. The molecule has 20 heavy (non-hydrogen) atoms. The SMILES string of the molecule is COc1cccc2c1C(c1ccccc1Cl)NC(=O)C2. The molecule has 0 radical (unpaired) electrons. The summed E-state index contributed by atoms with van der Waals surface area (Å²) in [7, 11) is 1.63. The second-order valence-electron chi connectivity index (χ2n) is 4.73. The smallest absolute Gasteiger partial charge is 0.225 e. The predicted molar refractivity (Wildman–Crippen MR) is 78.1 cm³/mol. The molecule has 1 aliphatic heterocycles.